The number of rotatable bonds is 5. The summed E-state index contributed by atoms with van der Waals surface area (Å²) in [6.07, 6.45) is 1.10. The normalized spacial score (nSPS) is 12.6. The Morgan fingerprint density at radius 3 is 2.56 bits per heavy atom. The number of hydrogen-bond acceptors (Lipinski definition) is 2. The molecule has 2 aromatic rings. The van der Waals surface area contributed by atoms with Crippen LogP contribution in [0.4, 0.5) is 0 Å². The zero-order valence-electron chi connectivity index (χ0n) is 10.7. The highest BCUT2D eigenvalue weighted by Gasteiger charge is 2.12. The van der Waals surface area contributed by atoms with Gasteiger partial charge in [0.2, 0.25) is 0 Å². The first-order valence-electron chi connectivity index (χ1n) is 6.13. The van der Waals surface area contributed by atoms with Crippen LogP contribution in [0.2, 0.25) is 0 Å². The number of thiophene rings is 1. The van der Waals surface area contributed by atoms with Crippen molar-refractivity contribution in [2.75, 3.05) is 13.6 Å². The lowest BCUT2D eigenvalue weighted by atomic mass is 9.94. The van der Waals surface area contributed by atoms with Gasteiger partial charge in [-0.3, -0.25) is 0 Å². The second-order valence-electron chi connectivity index (χ2n) is 4.60. The van der Waals surface area contributed by atoms with Crippen LogP contribution in [0.5, 0.6) is 0 Å². The van der Waals surface area contributed by atoms with Crippen LogP contribution in [-0.2, 0) is 6.42 Å². The second-order valence-corrected chi connectivity index (χ2v) is 6.51. The molecule has 1 nitrogen and oxygen atoms in total. The fraction of sp³-hybridized carbons (Fsp3) is 0.333. The Kier molecular flexibility index (Phi) is 4.98. The summed E-state index contributed by atoms with van der Waals surface area (Å²) in [6, 6.07) is 11.1. The molecule has 0 fully saturated rings. The van der Waals surface area contributed by atoms with Crippen molar-refractivity contribution >= 4 is 27.3 Å². The summed E-state index contributed by atoms with van der Waals surface area (Å²) in [5.41, 5.74) is 2.74. The van der Waals surface area contributed by atoms with Crippen molar-refractivity contribution < 1.29 is 0 Å². The summed E-state index contributed by atoms with van der Waals surface area (Å²) in [5, 5.41) is 5.45. The molecular weight excluding hydrogens is 306 g/mol. The van der Waals surface area contributed by atoms with Gasteiger partial charge < -0.3 is 5.32 Å². The molecule has 0 aliphatic heterocycles. The van der Waals surface area contributed by atoms with E-state index < -0.39 is 0 Å². The Morgan fingerprint density at radius 2 is 2.00 bits per heavy atom. The average Bonchev–Trinajstić information content (AvgIpc) is 2.75. The van der Waals surface area contributed by atoms with E-state index in [2.05, 4.69) is 63.9 Å². The van der Waals surface area contributed by atoms with Gasteiger partial charge in [0.1, 0.15) is 0 Å². The van der Waals surface area contributed by atoms with Gasteiger partial charge in [0.25, 0.3) is 0 Å². The second kappa shape index (κ2) is 6.50. The first-order valence-corrected chi connectivity index (χ1v) is 7.80. The molecule has 0 saturated carbocycles. The summed E-state index contributed by atoms with van der Waals surface area (Å²) in [7, 11) is 2.02. The van der Waals surface area contributed by atoms with Gasteiger partial charge >= 0.3 is 0 Å². The van der Waals surface area contributed by atoms with Crippen molar-refractivity contribution in [3.63, 3.8) is 0 Å². The minimum atomic E-state index is 0.543. The first kappa shape index (κ1) is 13.8. The van der Waals surface area contributed by atoms with E-state index in [-0.39, 0.29) is 0 Å². The van der Waals surface area contributed by atoms with Crippen LogP contribution in [0.1, 0.15) is 21.9 Å². The minimum Gasteiger partial charge on any atom is -0.319 e. The van der Waals surface area contributed by atoms with Crippen LogP contribution in [0.3, 0.4) is 0 Å². The van der Waals surface area contributed by atoms with Gasteiger partial charge in [-0.1, -0.05) is 29.8 Å². The number of halogens is 1. The van der Waals surface area contributed by atoms with Gasteiger partial charge in [-0.25, -0.2) is 0 Å². The van der Waals surface area contributed by atoms with E-state index in [9.17, 15) is 0 Å². The summed E-state index contributed by atoms with van der Waals surface area (Å²) in [5.74, 6) is 0.543. The summed E-state index contributed by atoms with van der Waals surface area (Å²) >= 11 is 5.35. The fourth-order valence-electron chi connectivity index (χ4n) is 2.10. The molecule has 2 rings (SSSR count). The molecule has 0 bridgehead atoms. The molecule has 0 aliphatic carbocycles. The summed E-state index contributed by atoms with van der Waals surface area (Å²) < 4.78 is 1.19. The number of benzene rings is 1. The number of hydrogen-bond donors (Lipinski definition) is 1. The monoisotopic (exact) mass is 323 g/mol. The van der Waals surface area contributed by atoms with Gasteiger partial charge in [0.05, 0.1) is 0 Å². The van der Waals surface area contributed by atoms with Crippen LogP contribution in [0, 0.1) is 6.92 Å². The fourth-order valence-corrected chi connectivity index (χ4v) is 3.63. The molecule has 0 aliphatic rings. The Morgan fingerprint density at radius 1 is 1.28 bits per heavy atom. The van der Waals surface area contributed by atoms with E-state index in [0.29, 0.717) is 5.92 Å². The highest BCUT2D eigenvalue weighted by Crippen LogP contribution is 2.26. The zero-order chi connectivity index (χ0) is 13.0. The number of nitrogens with one attached hydrogen (secondary N) is 1. The van der Waals surface area contributed by atoms with E-state index in [1.807, 2.05) is 18.4 Å². The lowest BCUT2D eigenvalue weighted by Crippen LogP contribution is -2.18. The number of aryl methyl sites for hydroxylation is 1. The predicted octanol–water partition coefficient (Wildman–Crippen LogP) is 4.36. The first-order chi connectivity index (χ1) is 8.69. The molecule has 0 amide bonds. The molecule has 3 heteroatoms. The molecule has 0 radical (unpaired) electrons. The topological polar surface area (TPSA) is 12.0 Å². The van der Waals surface area contributed by atoms with Gasteiger partial charge in [-0.15, -0.1) is 11.3 Å². The Balaban J connectivity index is 2.14. The Bertz CT molecular complexity index is 489. The van der Waals surface area contributed by atoms with Crippen LogP contribution < -0.4 is 5.32 Å². The highest BCUT2D eigenvalue weighted by molar-refractivity contribution is 9.10. The van der Waals surface area contributed by atoms with Gasteiger partial charge in [-0.2, -0.15) is 0 Å². The lowest BCUT2D eigenvalue weighted by Gasteiger charge is -2.16. The Labute approximate surface area is 121 Å². The van der Waals surface area contributed by atoms with E-state index in [0.717, 1.165) is 13.0 Å². The molecule has 1 N–H and O–H groups in total. The van der Waals surface area contributed by atoms with Crippen LogP contribution >= 0.6 is 27.3 Å². The largest absolute Gasteiger partial charge is 0.319 e. The Hall–Kier alpha value is -0.640. The third-order valence-corrected chi connectivity index (χ3v) is 4.79. The van der Waals surface area contributed by atoms with Crippen molar-refractivity contribution in [2.45, 2.75) is 19.3 Å². The highest BCUT2D eigenvalue weighted by atomic mass is 79.9. The maximum absolute atomic E-state index is 3.52. The van der Waals surface area contributed by atoms with Crippen LogP contribution in [0.15, 0.2) is 40.2 Å². The van der Waals surface area contributed by atoms with Crippen LogP contribution in [0.25, 0.3) is 0 Å². The van der Waals surface area contributed by atoms with Gasteiger partial charge in [0.15, 0.2) is 0 Å². The molecule has 18 heavy (non-hydrogen) atoms. The van der Waals surface area contributed by atoms with E-state index in [1.54, 1.807) is 0 Å². The van der Waals surface area contributed by atoms with Gasteiger partial charge in [-0.05, 0) is 48.0 Å². The molecule has 1 aromatic carbocycles. The molecule has 0 spiro atoms. The van der Waals surface area contributed by atoms with Crippen molar-refractivity contribution in [1.29, 1.82) is 0 Å². The van der Waals surface area contributed by atoms with Crippen molar-refractivity contribution in [3.8, 4) is 0 Å². The van der Waals surface area contributed by atoms with E-state index in [4.69, 9.17) is 0 Å². The molecule has 1 aromatic heterocycles. The summed E-state index contributed by atoms with van der Waals surface area (Å²) in [6.45, 7) is 3.14. The van der Waals surface area contributed by atoms with Crippen molar-refractivity contribution in [2.24, 2.45) is 0 Å². The van der Waals surface area contributed by atoms with E-state index in [1.165, 1.54) is 20.5 Å². The van der Waals surface area contributed by atoms with Gasteiger partial charge in [0, 0.05) is 27.2 Å². The minimum absolute atomic E-state index is 0.543. The molecule has 0 saturated heterocycles. The molecule has 1 atom stereocenters. The SMILES string of the molecule is CNCC(Cc1cc(Br)cs1)c1ccc(C)cc1. The smallest absolute Gasteiger partial charge is 0.0285 e. The predicted molar refractivity (Wildman–Crippen MR) is 83.6 cm³/mol. The van der Waals surface area contributed by atoms with Crippen molar-refractivity contribution in [1.82, 2.24) is 5.32 Å². The number of likely N-dealkylation sites (N-methyl/N-ethyl adjacent to an activating group) is 1. The molecule has 96 valence electrons. The van der Waals surface area contributed by atoms with Crippen molar-refractivity contribution in [3.05, 3.63) is 56.2 Å². The maximum Gasteiger partial charge on any atom is 0.0285 e. The summed E-state index contributed by atoms with van der Waals surface area (Å²) in [4.78, 5) is 1.43. The average molecular weight is 324 g/mol. The van der Waals surface area contributed by atoms with Crippen LogP contribution in [-0.4, -0.2) is 13.6 Å². The quantitative estimate of drug-likeness (QED) is 0.861. The molecule has 1 unspecified atom stereocenters. The molecule has 1 heterocycles. The third-order valence-electron chi connectivity index (χ3n) is 3.07. The lowest BCUT2D eigenvalue weighted by molar-refractivity contribution is 0.630. The third kappa shape index (κ3) is 3.67. The molecular formula is C15H18BrNS. The maximum atomic E-state index is 3.52. The van der Waals surface area contributed by atoms with E-state index >= 15 is 0 Å². The standard InChI is InChI=1S/C15H18BrNS/c1-11-3-5-12(6-4-11)13(9-17-2)7-15-8-14(16)10-18-15/h3-6,8,10,13,17H,7,9H2,1-2H3. The zero-order valence-corrected chi connectivity index (χ0v) is 13.1.